The van der Waals surface area contributed by atoms with Crippen molar-refractivity contribution >= 4 is 27.7 Å². The van der Waals surface area contributed by atoms with Crippen LogP contribution in [0.1, 0.15) is 16.8 Å². The maximum Gasteiger partial charge on any atom is 0.253 e. The molecule has 0 saturated carbocycles. The van der Waals surface area contributed by atoms with Crippen LogP contribution in [-0.4, -0.2) is 71.6 Å². The van der Waals surface area contributed by atoms with Gasteiger partial charge in [-0.05, 0) is 30.7 Å². The Bertz CT molecular complexity index is 585. The van der Waals surface area contributed by atoms with Gasteiger partial charge in [0.25, 0.3) is 5.91 Å². The van der Waals surface area contributed by atoms with Gasteiger partial charge in [-0.1, -0.05) is 15.9 Å². The number of β-amino-alcohol motifs (C(OH)–C–C–N with tert-alkyl or cyclic N) is 1. The summed E-state index contributed by atoms with van der Waals surface area (Å²) in [6.45, 7) is 2.62. The third-order valence-corrected chi connectivity index (χ3v) is 4.90. The summed E-state index contributed by atoms with van der Waals surface area (Å²) < 4.78 is 0.940. The largest absolute Gasteiger partial charge is 0.392 e. The quantitative estimate of drug-likeness (QED) is 0.780. The number of aliphatic hydroxyl groups excluding tert-OH is 1. The van der Waals surface area contributed by atoms with Gasteiger partial charge in [0.15, 0.2) is 0 Å². The summed E-state index contributed by atoms with van der Waals surface area (Å²) in [5.41, 5.74) is 0.661. The number of nitrogens with zero attached hydrogens (tertiary/aromatic N) is 2. The van der Waals surface area contributed by atoms with Crippen LogP contribution in [0.5, 0.6) is 0 Å². The Morgan fingerprint density at radius 1 is 1.09 bits per heavy atom. The second-order valence-electron chi connectivity index (χ2n) is 5.97. The minimum atomic E-state index is -0.441. The van der Waals surface area contributed by atoms with Gasteiger partial charge in [-0.3, -0.25) is 9.59 Å². The lowest BCUT2D eigenvalue weighted by Crippen LogP contribution is -2.54. The first-order chi connectivity index (χ1) is 11.0. The van der Waals surface area contributed by atoms with Gasteiger partial charge in [-0.15, -0.1) is 0 Å². The molecule has 2 aliphatic rings. The number of nitrogens with one attached hydrogen (secondary N) is 1. The number of halogens is 1. The predicted molar refractivity (Wildman–Crippen MR) is 89.0 cm³/mol. The van der Waals surface area contributed by atoms with Crippen LogP contribution in [0, 0.1) is 0 Å². The molecule has 7 heteroatoms. The molecule has 0 spiro atoms. The Hall–Kier alpha value is -1.44. The van der Waals surface area contributed by atoms with Crippen LogP contribution in [0.4, 0.5) is 0 Å². The van der Waals surface area contributed by atoms with Crippen molar-refractivity contribution in [3.8, 4) is 0 Å². The fourth-order valence-electron chi connectivity index (χ4n) is 3.03. The fraction of sp³-hybridized carbons (Fsp3) is 0.500. The number of benzene rings is 1. The highest BCUT2D eigenvalue weighted by Crippen LogP contribution is 2.15. The molecule has 3 rings (SSSR count). The van der Waals surface area contributed by atoms with Crippen LogP contribution < -0.4 is 5.32 Å². The van der Waals surface area contributed by atoms with Crippen LogP contribution in [0.25, 0.3) is 0 Å². The highest BCUT2D eigenvalue weighted by atomic mass is 79.9. The lowest BCUT2D eigenvalue weighted by molar-refractivity contribution is -0.134. The van der Waals surface area contributed by atoms with Gasteiger partial charge in [-0.25, -0.2) is 0 Å². The first kappa shape index (κ1) is 16.4. The summed E-state index contributed by atoms with van der Waals surface area (Å²) in [6.07, 6.45) is 0.0286. The zero-order chi connectivity index (χ0) is 16.4. The molecule has 2 fully saturated rings. The molecule has 1 aromatic carbocycles. The number of carbonyl (C=O) groups is 2. The average molecular weight is 382 g/mol. The molecule has 2 amide bonds. The Morgan fingerprint density at radius 3 is 2.26 bits per heavy atom. The molecule has 1 aromatic rings. The minimum Gasteiger partial charge on any atom is -0.392 e. The van der Waals surface area contributed by atoms with E-state index in [1.807, 2.05) is 12.1 Å². The normalized spacial score (nSPS) is 24.8. The topological polar surface area (TPSA) is 72.9 Å². The van der Waals surface area contributed by atoms with Gasteiger partial charge in [0.2, 0.25) is 5.91 Å². The molecule has 0 aromatic heterocycles. The van der Waals surface area contributed by atoms with Crippen molar-refractivity contribution in [3.63, 3.8) is 0 Å². The molecular formula is C16H20BrN3O3. The Labute approximate surface area is 143 Å². The Balaban J connectivity index is 1.54. The van der Waals surface area contributed by atoms with E-state index in [4.69, 9.17) is 0 Å². The van der Waals surface area contributed by atoms with Crippen molar-refractivity contribution in [2.24, 2.45) is 0 Å². The molecule has 2 atom stereocenters. The van der Waals surface area contributed by atoms with Gasteiger partial charge in [0.05, 0.1) is 12.1 Å². The van der Waals surface area contributed by atoms with Crippen molar-refractivity contribution in [1.82, 2.24) is 15.1 Å². The maximum atomic E-state index is 12.4. The van der Waals surface area contributed by atoms with Gasteiger partial charge in [0.1, 0.15) is 0 Å². The van der Waals surface area contributed by atoms with Crippen molar-refractivity contribution in [3.05, 3.63) is 34.3 Å². The first-order valence-corrected chi connectivity index (χ1v) is 8.59. The number of amides is 2. The third kappa shape index (κ3) is 3.73. The highest BCUT2D eigenvalue weighted by Gasteiger charge is 2.33. The standard InChI is InChI=1S/C16H20BrN3O3/c17-12-3-1-11(2-4-12)15(22)19-5-7-20(8-6-19)16(23)14-9-13(21)10-18-14/h1-4,13-14,18,21H,5-10H2. The van der Waals surface area contributed by atoms with Crippen molar-refractivity contribution in [2.45, 2.75) is 18.6 Å². The predicted octanol–water partition coefficient (Wildman–Crippen LogP) is 0.456. The summed E-state index contributed by atoms with van der Waals surface area (Å²) in [4.78, 5) is 28.4. The molecule has 0 aliphatic carbocycles. The van der Waals surface area contributed by atoms with E-state index in [1.54, 1.807) is 21.9 Å². The average Bonchev–Trinajstić information content (AvgIpc) is 3.01. The summed E-state index contributed by atoms with van der Waals surface area (Å²) in [5, 5.41) is 12.6. The maximum absolute atomic E-state index is 12.4. The molecule has 2 heterocycles. The van der Waals surface area contributed by atoms with E-state index in [2.05, 4.69) is 21.2 Å². The van der Waals surface area contributed by atoms with E-state index in [1.165, 1.54) is 0 Å². The third-order valence-electron chi connectivity index (χ3n) is 4.38. The van der Waals surface area contributed by atoms with E-state index < -0.39 is 6.10 Å². The van der Waals surface area contributed by atoms with Gasteiger partial charge < -0.3 is 20.2 Å². The fourth-order valence-corrected chi connectivity index (χ4v) is 3.29. The summed E-state index contributed by atoms with van der Waals surface area (Å²) in [7, 11) is 0. The smallest absolute Gasteiger partial charge is 0.253 e. The summed E-state index contributed by atoms with van der Waals surface area (Å²) in [6, 6.07) is 7.01. The first-order valence-electron chi connectivity index (χ1n) is 7.79. The van der Waals surface area contributed by atoms with Gasteiger partial charge in [0, 0.05) is 42.8 Å². The summed E-state index contributed by atoms with van der Waals surface area (Å²) in [5.74, 6) is 0.0244. The van der Waals surface area contributed by atoms with Crippen LogP contribution >= 0.6 is 15.9 Å². The van der Waals surface area contributed by atoms with Crippen LogP contribution in [0.3, 0.4) is 0 Å². The minimum absolute atomic E-state index is 0.000914. The second kappa shape index (κ2) is 6.98. The van der Waals surface area contributed by atoms with E-state index >= 15 is 0 Å². The van der Waals surface area contributed by atoms with Gasteiger partial charge >= 0.3 is 0 Å². The number of hydrogen-bond acceptors (Lipinski definition) is 4. The lowest BCUT2D eigenvalue weighted by Gasteiger charge is -2.36. The van der Waals surface area contributed by atoms with E-state index in [-0.39, 0.29) is 17.9 Å². The van der Waals surface area contributed by atoms with E-state index in [9.17, 15) is 14.7 Å². The molecule has 124 valence electrons. The monoisotopic (exact) mass is 381 g/mol. The number of rotatable bonds is 2. The number of hydrogen-bond donors (Lipinski definition) is 2. The van der Waals surface area contributed by atoms with Crippen molar-refractivity contribution < 1.29 is 14.7 Å². The Kier molecular flexibility index (Phi) is 4.99. The molecule has 23 heavy (non-hydrogen) atoms. The van der Waals surface area contributed by atoms with Crippen LogP contribution in [0.15, 0.2) is 28.7 Å². The number of carbonyl (C=O) groups excluding carboxylic acids is 2. The van der Waals surface area contributed by atoms with E-state index in [0.29, 0.717) is 44.7 Å². The Morgan fingerprint density at radius 2 is 1.70 bits per heavy atom. The summed E-state index contributed by atoms with van der Waals surface area (Å²) >= 11 is 3.36. The zero-order valence-electron chi connectivity index (χ0n) is 12.7. The van der Waals surface area contributed by atoms with Gasteiger partial charge in [-0.2, -0.15) is 0 Å². The lowest BCUT2D eigenvalue weighted by atomic mass is 10.1. The second-order valence-corrected chi connectivity index (χ2v) is 6.89. The zero-order valence-corrected chi connectivity index (χ0v) is 14.3. The number of piperazine rings is 1. The molecule has 6 nitrogen and oxygen atoms in total. The van der Waals surface area contributed by atoms with Crippen molar-refractivity contribution in [2.75, 3.05) is 32.7 Å². The van der Waals surface area contributed by atoms with Crippen LogP contribution in [0.2, 0.25) is 0 Å². The molecule has 2 N–H and O–H groups in total. The molecular weight excluding hydrogens is 362 g/mol. The van der Waals surface area contributed by atoms with Crippen molar-refractivity contribution in [1.29, 1.82) is 0 Å². The van der Waals surface area contributed by atoms with Crippen LogP contribution in [-0.2, 0) is 4.79 Å². The molecule has 2 saturated heterocycles. The highest BCUT2D eigenvalue weighted by molar-refractivity contribution is 9.10. The van der Waals surface area contributed by atoms with E-state index in [0.717, 1.165) is 4.47 Å². The molecule has 0 bridgehead atoms. The molecule has 2 aliphatic heterocycles. The number of aliphatic hydroxyl groups is 1. The SMILES string of the molecule is O=C(c1ccc(Br)cc1)N1CCN(C(=O)C2CC(O)CN2)CC1. The molecule has 2 unspecified atom stereocenters. The molecule has 0 radical (unpaired) electrons.